The highest BCUT2D eigenvalue weighted by Crippen LogP contribution is 2.44. The van der Waals surface area contributed by atoms with Gasteiger partial charge in [0.05, 0.1) is 5.41 Å². The van der Waals surface area contributed by atoms with Crippen molar-refractivity contribution in [3.05, 3.63) is 59.7 Å². The van der Waals surface area contributed by atoms with Crippen LogP contribution in [0.15, 0.2) is 48.5 Å². The van der Waals surface area contributed by atoms with Crippen LogP contribution in [0.3, 0.4) is 0 Å². The molecule has 0 heterocycles. The van der Waals surface area contributed by atoms with Gasteiger partial charge in [0.25, 0.3) is 0 Å². The monoisotopic (exact) mass is 474 g/mol. The highest BCUT2D eigenvalue weighted by Gasteiger charge is 2.46. The molecule has 182 valence electrons. The summed E-state index contributed by atoms with van der Waals surface area (Å²) in [7, 11) is 0. The third kappa shape index (κ3) is 4.88. The van der Waals surface area contributed by atoms with Crippen LogP contribution in [0, 0.1) is 17.3 Å². The fourth-order valence-corrected chi connectivity index (χ4v) is 5.12. The first-order chi connectivity index (χ1) is 16.8. The van der Waals surface area contributed by atoms with Crippen LogP contribution in [0.5, 0.6) is 0 Å². The molecule has 35 heavy (non-hydrogen) atoms. The lowest BCUT2D eigenvalue weighted by Crippen LogP contribution is -2.53. The molecule has 3 atom stereocenters. The van der Waals surface area contributed by atoms with E-state index in [0.29, 0.717) is 19.3 Å². The van der Waals surface area contributed by atoms with E-state index >= 15 is 0 Å². The van der Waals surface area contributed by atoms with Gasteiger partial charge >= 0.3 is 12.1 Å². The number of nitrogens with one attached hydrogen (secondary N) is 2. The molecule has 7 nitrogen and oxygen atoms in total. The van der Waals surface area contributed by atoms with E-state index in [1.54, 1.807) is 13.8 Å². The number of rotatable bonds is 7. The molecule has 3 unspecified atom stereocenters. The number of carbonyl (C=O) groups excluding carboxylic acids is 2. The predicted octanol–water partition coefficient (Wildman–Crippen LogP) is 4.07. The van der Waals surface area contributed by atoms with Crippen molar-refractivity contribution in [3.8, 4) is 23.0 Å². The topological polar surface area (TPSA) is 105 Å². The number of carboxylic acid groups (broad SMARTS) is 1. The largest absolute Gasteiger partial charge is 0.481 e. The molecule has 2 aromatic rings. The number of hydrogen-bond donors (Lipinski definition) is 3. The lowest BCUT2D eigenvalue weighted by atomic mass is 9.84. The van der Waals surface area contributed by atoms with E-state index in [1.807, 2.05) is 36.4 Å². The molecule has 2 amide bonds. The van der Waals surface area contributed by atoms with Gasteiger partial charge in [0.1, 0.15) is 12.6 Å². The van der Waals surface area contributed by atoms with E-state index < -0.39 is 35.5 Å². The van der Waals surface area contributed by atoms with Crippen LogP contribution in [0.2, 0.25) is 0 Å². The summed E-state index contributed by atoms with van der Waals surface area (Å²) >= 11 is 0. The summed E-state index contributed by atoms with van der Waals surface area (Å²) in [5.41, 5.74) is 3.43. The zero-order chi connectivity index (χ0) is 25.0. The van der Waals surface area contributed by atoms with Crippen LogP contribution in [-0.2, 0) is 14.3 Å². The van der Waals surface area contributed by atoms with Crippen molar-refractivity contribution in [2.24, 2.45) is 5.41 Å². The lowest BCUT2D eigenvalue weighted by Gasteiger charge is -2.29. The molecule has 4 rings (SSSR count). The van der Waals surface area contributed by atoms with E-state index in [2.05, 4.69) is 34.6 Å². The molecular weight excluding hydrogens is 444 g/mol. The van der Waals surface area contributed by atoms with E-state index in [1.165, 1.54) is 0 Å². The van der Waals surface area contributed by atoms with E-state index in [4.69, 9.17) is 4.74 Å². The number of amides is 2. The summed E-state index contributed by atoms with van der Waals surface area (Å²) in [6.07, 6.45) is 1.17. The van der Waals surface area contributed by atoms with Gasteiger partial charge in [-0.2, -0.15) is 0 Å². The van der Waals surface area contributed by atoms with Crippen molar-refractivity contribution in [2.45, 2.75) is 57.5 Å². The number of carbonyl (C=O) groups is 3. The van der Waals surface area contributed by atoms with Crippen LogP contribution < -0.4 is 10.6 Å². The van der Waals surface area contributed by atoms with Crippen LogP contribution >= 0.6 is 0 Å². The van der Waals surface area contributed by atoms with Gasteiger partial charge in [-0.3, -0.25) is 9.59 Å². The minimum atomic E-state index is -1.03. The molecule has 0 saturated heterocycles. The first-order valence-electron chi connectivity index (χ1n) is 11.9. The smallest absolute Gasteiger partial charge is 0.407 e. The fraction of sp³-hybridized carbons (Fsp3) is 0.393. The maximum atomic E-state index is 13.0. The Hall–Kier alpha value is -3.79. The number of fused-ring (bicyclic) bond motifs is 3. The highest BCUT2D eigenvalue weighted by atomic mass is 16.5. The number of hydrogen-bond acceptors (Lipinski definition) is 4. The summed E-state index contributed by atoms with van der Waals surface area (Å²) in [5.74, 6) is 4.08. The Morgan fingerprint density at radius 2 is 1.74 bits per heavy atom. The highest BCUT2D eigenvalue weighted by molar-refractivity contribution is 5.87. The number of alkyl carbamates (subject to hydrolysis) is 1. The molecule has 0 spiro atoms. The predicted molar refractivity (Wildman–Crippen MR) is 132 cm³/mol. The third-order valence-corrected chi connectivity index (χ3v) is 7.20. The fourth-order valence-electron chi connectivity index (χ4n) is 5.12. The maximum Gasteiger partial charge on any atom is 0.407 e. The van der Waals surface area contributed by atoms with Gasteiger partial charge in [0.2, 0.25) is 5.91 Å². The molecule has 2 aliphatic rings. The molecule has 1 saturated carbocycles. The van der Waals surface area contributed by atoms with Crippen LogP contribution in [0.4, 0.5) is 4.79 Å². The van der Waals surface area contributed by atoms with Gasteiger partial charge in [0.15, 0.2) is 0 Å². The lowest BCUT2D eigenvalue weighted by molar-refractivity contribution is -0.149. The molecule has 0 bridgehead atoms. The standard InChI is InChI=1S/C28H30N2O5/c1-3-4-14-23(25(31)30-24-15-9-16-28(24,2)26(32)33)29-27(34)35-17-22-20-12-7-5-10-18(20)19-11-6-8-13-21(19)22/h5-8,10-13,22-24H,9,14-17H2,1-2H3,(H,29,34)(H,30,31)(H,32,33). The van der Waals surface area contributed by atoms with Crippen molar-refractivity contribution >= 4 is 18.0 Å². The van der Waals surface area contributed by atoms with E-state index in [9.17, 15) is 19.5 Å². The Bertz CT molecular complexity index is 1150. The average molecular weight is 475 g/mol. The minimum absolute atomic E-state index is 0.0920. The van der Waals surface area contributed by atoms with Crippen LogP contribution in [-0.4, -0.2) is 41.8 Å². The normalized spacial score (nSPS) is 21.1. The quantitative estimate of drug-likeness (QED) is 0.525. The molecule has 0 aliphatic heterocycles. The van der Waals surface area contributed by atoms with Gasteiger partial charge < -0.3 is 20.5 Å². The Labute approximate surface area is 205 Å². The van der Waals surface area contributed by atoms with Crippen molar-refractivity contribution in [3.63, 3.8) is 0 Å². The minimum Gasteiger partial charge on any atom is -0.481 e. The molecule has 7 heteroatoms. The van der Waals surface area contributed by atoms with Crippen LogP contribution in [0.1, 0.15) is 56.6 Å². The Kier molecular flexibility index (Phi) is 7.11. The second-order valence-corrected chi connectivity index (χ2v) is 9.33. The summed E-state index contributed by atoms with van der Waals surface area (Å²) in [5, 5.41) is 15.1. The second-order valence-electron chi connectivity index (χ2n) is 9.33. The van der Waals surface area contributed by atoms with E-state index in [-0.39, 0.29) is 18.9 Å². The van der Waals surface area contributed by atoms with Gasteiger partial charge in [-0.1, -0.05) is 55.0 Å². The number of aliphatic carboxylic acids is 1. The summed E-state index contributed by atoms with van der Waals surface area (Å²) < 4.78 is 5.58. The van der Waals surface area contributed by atoms with E-state index in [0.717, 1.165) is 22.3 Å². The van der Waals surface area contributed by atoms with Gasteiger partial charge in [-0.25, -0.2) is 4.79 Å². The summed E-state index contributed by atoms with van der Waals surface area (Å²) in [6.45, 7) is 3.43. The zero-order valence-electron chi connectivity index (χ0n) is 20.0. The average Bonchev–Trinajstić information content (AvgIpc) is 3.39. The molecule has 1 fully saturated rings. The van der Waals surface area contributed by atoms with Crippen molar-refractivity contribution in [1.82, 2.24) is 10.6 Å². The van der Waals surface area contributed by atoms with Gasteiger partial charge in [-0.05, 0) is 48.9 Å². The van der Waals surface area contributed by atoms with Gasteiger partial charge in [-0.15, -0.1) is 11.8 Å². The van der Waals surface area contributed by atoms with Crippen molar-refractivity contribution in [1.29, 1.82) is 0 Å². The number of ether oxygens (including phenoxy) is 1. The molecule has 2 aliphatic carbocycles. The molecule has 2 aromatic carbocycles. The second kappa shape index (κ2) is 10.2. The first-order valence-corrected chi connectivity index (χ1v) is 11.9. The summed E-state index contributed by atoms with van der Waals surface area (Å²) in [6, 6.07) is 14.7. The molecular formula is C28H30N2O5. The van der Waals surface area contributed by atoms with Gasteiger partial charge in [0, 0.05) is 18.4 Å². The Balaban J connectivity index is 1.42. The Morgan fingerprint density at radius 3 is 2.34 bits per heavy atom. The first kappa shape index (κ1) is 24.3. The SMILES string of the molecule is CC#CCC(NC(=O)OCC1c2ccccc2-c2ccccc21)C(=O)NC1CCCC1(C)C(=O)O. The Morgan fingerprint density at radius 1 is 1.11 bits per heavy atom. The number of carboxylic acids is 1. The summed E-state index contributed by atoms with van der Waals surface area (Å²) in [4.78, 5) is 37.5. The van der Waals surface area contributed by atoms with Crippen molar-refractivity contribution < 1.29 is 24.2 Å². The maximum absolute atomic E-state index is 13.0. The number of benzene rings is 2. The van der Waals surface area contributed by atoms with Crippen LogP contribution in [0.25, 0.3) is 11.1 Å². The molecule has 3 N–H and O–H groups in total. The molecule has 0 radical (unpaired) electrons. The van der Waals surface area contributed by atoms with Crippen molar-refractivity contribution in [2.75, 3.05) is 6.61 Å². The zero-order valence-corrected chi connectivity index (χ0v) is 20.0. The molecule has 0 aromatic heterocycles. The third-order valence-electron chi connectivity index (χ3n) is 7.20.